The predicted molar refractivity (Wildman–Crippen MR) is 77.8 cm³/mol. The largest absolute Gasteiger partial charge is 0.480 e. The molecular weight excluding hydrogens is 276 g/mol. The second-order valence-electron chi connectivity index (χ2n) is 5.51. The molecule has 7 nitrogen and oxygen atoms in total. The Morgan fingerprint density at radius 3 is 2.14 bits per heavy atom. The van der Waals surface area contributed by atoms with Crippen LogP contribution in [0.2, 0.25) is 0 Å². The summed E-state index contributed by atoms with van der Waals surface area (Å²) in [6.07, 6.45) is -0.764. The van der Waals surface area contributed by atoms with Gasteiger partial charge in [-0.25, -0.2) is 9.59 Å². The van der Waals surface area contributed by atoms with Crippen molar-refractivity contribution in [3.63, 3.8) is 0 Å². The summed E-state index contributed by atoms with van der Waals surface area (Å²) in [6, 6.07) is -1.88. The third-order valence-electron chi connectivity index (χ3n) is 3.37. The molecule has 2 atom stereocenters. The molecule has 0 heterocycles. The minimum atomic E-state index is -1.12. The number of aliphatic carboxylic acids is 1. The maximum absolute atomic E-state index is 12.0. The normalized spacial score (nSPS) is 13.8. The number of likely N-dealkylation sites (N-methyl/N-ethyl adjacent to an activating group) is 1. The lowest BCUT2D eigenvalue weighted by molar-refractivity contribution is -0.148. The first kappa shape index (κ1) is 18.9. The molecule has 0 radical (unpaired) electrons. The van der Waals surface area contributed by atoms with Crippen molar-refractivity contribution in [2.45, 2.75) is 52.3 Å². The summed E-state index contributed by atoms with van der Waals surface area (Å²) in [5.41, 5.74) is -0.194. The van der Waals surface area contributed by atoms with E-state index in [0.29, 0.717) is 5.57 Å². The number of alkyl carbamates (subject to hydrolysis) is 1. The van der Waals surface area contributed by atoms with E-state index in [0.717, 1.165) is 4.90 Å². The predicted octanol–water partition coefficient (Wildman–Crippen LogP) is 1.39. The zero-order valence-corrected chi connectivity index (χ0v) is 13.4. The topological polar surface area (TPSA) is 95.9 Å². The molecule has 2 amide bonds. The third kappa shape index (κ3) is 5.45. The van der Waals surface area contributed by atoms with Gasteiger partial charge in [0, 0.05) is 7.05 Å². The summed E-state index contributed by atoms with van der Waals surface area (Å²) >= 11 is 0. The molecule has 0 unspecified atom stereocenters. The van der Waals surface area contributed by atoms with E-state index < -0.39 is 35.7 Å². The van der Waals surface area contributed by atoms with Gasteiger partial charge in [-0.1, -0.05) is 6.58 Å². The average Bonchev–Trinajstić information content (AvgIpc) is 2.34. The molecule has 0 aromatic carbocycles. The van der Waals surface area contributed by atoms with Crippen LogP contribution in [-0.2, 0) is 14.3 Å². The van der Waals surface area contributed by atoms with Crippen molar-refractivity contribution < 1.29 is 24.2 Å². The molecule has 2 N–H and O–H groups in total. The molecule has 0 aromatic rings. The third-order valence-corrected chi connectivity index (χ3v) is 3.37. The number of hydrogen-bond donors (Lipinski definition) is 2. The van der Waals surface area contributed by atoms with Gasteiger partial charge < -0.3 is 20.1 Å². The fourth-order valence-electron chi connectivity index (χ4n) is 1.25. The van der Waals surface area contributed by atoms with Gasteiger partial charge in [0.15, 0.2) is 0 Å². The molecule has 0 aliphatic rings. The molecule has 7 heteroatoms. The number of nitrogens with one attached hydrogen (secondary N) is 1. The van der Waals surface area contributed by atoms with Crippen LogP contribution in [0.1, 0.15) is 34.6 Å². The molecule has 21 heavy (non-hydrogen) atoms. The first-order valence-electron chi connectivity index (χ1n) is 6.55. The summed E-state index contributed by atoms with van der Waals surface area (Å²) in [5.74, 6) is -1.64. The fraction of sp³-hybridized carbons (Fsp3) is 0.643. The Morgan fingerprint density at radius 2 is 1.76 bits per heavy atom. The second kappa shape index (κ2) is 7.10. The first-order valence-corrected chi connectivity index (χ1v) is 6.55. The van der Waals surface area contributed by atoms with Crippen LogP contribution in [0, 0.1) is 0 Å². The highest BCUT2D eigenvalue weighted by Gasteiger charge is 2.29. The summed E-state index contributed by atoms with van der Waals surface area (Å²) in [5, 5.41) is 11.2. The Bertz CT molecular complexity index is 445. The van der Waals surface area contributed by atoms with Gasteiger partial charge in [-0.05, 0) is 40.2 Å². The first-order chi connectivity index (χ1) is 9.40. The van der Waals surface area contributed by atoms with Gasteiger partial charge in [0.1, 0.15) is 17.7 Å². The maximum atomic E-state index is 12.0. The molecule has 0 rings (SSSR count). The molecule has 0 aromatic heterocycles. The van der Waals surface area contributed by atoms with Crippen LogP contribution in [0.25, 0.3) is 0 Å². The van der Waals surface area contributed by atoms with Crippen LogP contribution in [0.5, 0.6) is 0 Å². The van der Waals surface area contributed by atoms with Gasteiger partial charge >= 0.3 is 12.1 Å². The van der Waals surface area contributed by atoms with Crippen molar-refractivity contribution in [1.29, 1.82) is 0 Å². The quantitative estimate of drug-likeness (QED) is 0.723. The highest BCUT2D eigenvalue weighted by atomic mass is 16.6. The minimum Gasteiger partial charge on any atom is -0.480 e. The Labute approximate surface area is 124 Å². The number of amides is 2. The van der Waals surface area contributed by atoms with Gasteiger partial charge in [-0.3, -0.25) is 4.79 Å². The lowest BCUT2D eigenvalue weighted by Crippen LogP contribution is -2.51. The Hall–Kier alpha value is -2.05. The highest BCUT2D eigenvalue weighted by Crippen LogP contribution is 2.18. The summed E-state index contributed by atoms with van der Waals surface area (Å²) in [7, 11) is 1.36. The molecule has 0 saturated heterocycles. The van der Waals surface area contributed by atoms with Crippen LogP contribution in [0.4, 0.5) is 4.79 Å². The Kier molecular flexibility index (Phi) is 6.41. The zero-order valence-electron chi connectivity index (χ0n) is 13.4. The Balaban J connectivity index is 4.65. The van der Waals surface area contributed by atoms with Crippen molar-refractivity contribution >= 4 is 18.0 Å². The second-order valence-corrected chi connectivity index (χ2v) is 5.51. The van der Waals surface area contributed by atoms with Crippen molar-refractivity contribution in [3.05, 3.63) is 12.2 Å². The monoisotopic (exact) mass is 300 g/mol. The van der Waals surface area contributed by atoms with E-state index in [4.69, 9.17) is 9.84 Å². The molecule has 0 saturated carbocycles. The van der Waals surface area contributed by atoms with Gasteiger partial charge in [0.25, 0.3) is 0 Å². The van der Waals surface area contributed by atoms with Crippen LogP contribution in [0.15, 0.2) is 12.2 Å². The lowest BCUT2D eigenvalue weighted by Gasteiger charge is -2.28. The van der Waals surface area contributed by atoms with Crippen molar-refractivity contribution in [2.24, 2.45) is 0 Å². The molecular formula is C14H24N2O5. The standard InChI is InChI=1S/C14H24N2O5/c1-8(2)14(5,6)21-13(20)15-9(3)11(17)16(7)10(4)12(18)19/h9-10H,1H2,2-7H3,(H,15,20)(H,18,19)/t9-,10-/m0/s1. The summed E-state index contributed by atoms with van der Waals surface area (Å²) in [6.45, 7) is 11.7. The minimum absolute atomic E-state index is 0.519. The van der Waals surface area contributed by atoms with Crippen LogP contribution in [0.3, 0.4) is 0 Å². The smallest absolute Gasteiger partial charge is 0.408 e. The van der Waals surface area contributed by atoms with E-state index in [9.17, 15) is 14.4 Å². The fourth-order valence-corrected chi connectivity index (χ4v) is 1.25. The Morgan fingerprint density at radius 1 is 1.29 bits per heavy atom. The number of carboxylic acid groups (broad SMARTS) is 1. The molecule has 0 spiro atoms. The van der Waals surface area contributed by atoms with Gasteiger partial charge in [0.05, 0.1) is 0 Å². The van der Waals surface area contributed by atoms with E-state index in [-0.39, 0.29) is 0 Å². The van der Waals surface area contributed by atoms with Crippen LogP contribution < -0.4 is 5.32 Å². The summed E-state index contributed by atoms with van der Waals surface area (Å²) in [4.78, 5) is 35.6. The van der Waals surface area contributed by atoms with Gasteiger partial charge in [-0.15, -0.1) is 0 Å². The number of carboxylic acids is 1. The molecule has 120 valence electrons. The van der Waals surface area contributed by atoms with Crippen LogP contribution >= 0.6 is 0 Å². The number of hydrogen-bond acceptors (Lipinski definition) is 4. The number of ether oxygens (including phenoxy) is 1. The number of carbonyl (C=O) groups excluding carboxylic acids is 2. The molecule has 0 aliphatic heterocycles. The lowest BCUT2D eigenvalue weighted by atomic mass is 10.0. The number of rotatable bonds is 6. The molecule has 0 aliphatic carbocycles. The van der Waals surface area contributed by atoms with E-state index in [1.807, 2.05) is 0 Å². The van der Waals surface area contributed by atoms with Gasteiger partial charge in [0.2, 0.25) is 5.91 Å². The maximum Gasteiger partial charge on any atom is 0.408 e. The number of carbonyl (C=O) groups is 3. The summed E-state index contributed by atoms with van der Waals surface area (Å²) < 4.78 is 5.17. The highest BCUT2D eigenvalue weighted by molar-refractivity contribution is 5.88. The van der Waals surface area contributed by atoms with Crippen LogP contribution in [-0.4, -0.2) is 52.7 Å². The number of nitrogens with zero attached hydrogens (tertiary/aromatic N) is 1. The molecule has 0 fully saturated rings. The molecule has 0 bridgehead atoms. The van der Waals surface area contributed by atoms with Gasteiger partial charge in [-0.2, -0.15) is 0 Å². The zero-order chi connectivity index (χ0) is 17.0. The van der Waals surface area contributed by atoms with E-state index in [1.165, 1.54) is 20.9 Å². The van der Waals surface area contributed by atoms with E-state index in [1.54, 1.807) is 20.8 Å². The van der Waals surface area contributed by atoms with Crippen molar-refractivity contribution in [1.82, 2.24) is 10.2 Å². The van der Waals surface area contributed by atoms with E-state index in [2.05, 4.69) is 11.9 Å². The van der Waals surface area contributed by atoms with Crippen molar-refractivity contribution in [2.75, 3.05) is 7.05 Å². The van der Waals surface area contributed by atoms with Crippen molar-refractivity contribution in [3.8, 4) is 0 Å². The average molecular weight is 300 g/mol. The van der Waals surface area contributed by atoms with E-state index >= 15 is 0 Å². The SMILES string of the molecule is C=C(C)C(C)(C)OC(=O)N[C@@H](C)C(=O)N(C)[C@@H](C)C(=O)O.